The Morgan fingerprint density at radius 1 is 1.23 bits per heavy atom. The largest absolute Gasteiger partial charge is 0.393 e. The van der Waals surface area contributed by atoms with Gasteiger partial charge in [0, 0.05) is 25.7 Å². The van der Waals surface area contributed by atoms with Crippen LogP contribution in [0.4, 0.5) is 0 Å². The van der Waals surface area contributed by atoms with Crippen LogP contribution in [0.3, 0.4) is 0 Å². The van der Waals surface area contributed by atoms with Crippen molar-refractivity contribution in [3.8, 4) is 0 Å². The number of quaternary nitrogens is 1. The Morgan fingerprint density at radius 3 is 2.23 bits per heavy atom. The molecular weight excluding hydrogens is 166 g/mol. The Morgan fingerprint density at radius 2 is 1.77 bits per heavy atom. The summed E-state index contributed by atoms with van der Waals surface area (Å²) in [6, 6.07) is 1.20. The molecule has 0 aromatic rings. The van der Waals surface area contributed by atoms with Crippen LogP contribution >= 0.6 is 0 Å². The molecule has 0 aliphatic carbocycles. The maximum Gasteiger partial charge on any atom is 0.102 e. The van der Waals surface area contributed by atoms with E-state index in [4.69, 9.17) is 5.11 Å². The van der Waals surface area contributed by atoms with Gasteiger partial charge in [0.15, 0.2) is 0 Å². The minimum absolute atomic E-state index is 0.0811. The van der Waals surface area contributed by atoms with Gasteiger partial charge in [-0.25, -0.2) is 0 Å². The standard InChI is InChI=1S/C10H20NO2/c1-11(4-5-12)8-2-3-9(11)7-10(13)6-8/h8-10,12-13H,2-7H2,1H3/q+1/t8-,9+,10?,11?. The first-order valence-corrected chi connectivity index (χ1v) is 5.30. The minimum atomic E-state index is -0.0811. The average Bonchev–Trinajstić information content (AvgIpc) is 2.31. The fourth-order valence-electron chi connectivity index (χ4n) is 3.30. The predicted octanol–water partition coefficient (Wildman–Crippen LogP) is 0.111. The van der Waals surface area contributed by atoms with E-state index in [0.717, 1.165) is 23.9 Å². The van der Waals surface area contributed by atoms with Crippen LogP contribution in [-0.4, -0.2) is 53.1 Å². The van der Waals surface area contributed by atoms with E-state index in [9.17, 15) is 5.11 Å². The second-order valence-electron chi connectivity index (χ2n) is 4.80. The van der Waals surface area contributed by atoms with Gasteiger partial charge in [0.05, 0.1) is 31.8 Å². The second-order valence-corrected chi connectivity index (χ2v) is 4.80. The third-order valence-corrected chi connectivity index (χ3v) is 4.17. The number of hydrogen-bond acceptors (Lipinski definition) is 2. The van der Waals surface area contributed by atoms with Crippen LogP contribution in [0.15, 0.2) is 0 Å². The Labute approximate surface area is 79.6 Å². The van der Waals surface area contributed by atoms with Crippen molar-refractivity contribution >= 4 is 0 Å². The third-order valence-electron chi connectivity index (χ3n) is 4.17. The molecule has 0 saturated carbocycles. The number of nitrogens with zero attached hydrogens (tertiary/aromatic N) is 1. The van der Waals surface area contributed by atoms with E-state index in [0.29, 0.717) is 12.1 Å². The molecule has 2 saturated heterocycles. The van der Waals surface area contributed by atoms with E-state index >= 15 is 0 Å². The summed E-state index contributed by atoms with van der Waals surface area (Å²) in [6.07, 6.45) is 4.26. The molecule has 13 heavy (non-hydrogen) atoms. The van der Waals surface area contributed by atoms with E-state index in [2.05, 4.69) is 7.05 Å². The molecule has 0 aromatic heterocycles. The highest BCUT2D eigenvalue weighted by molar-refractivity contribution is 4.85. The first-order chi connectivity index (χ1) is 6.16. The van der Waals surface area contributed by atoms with Gasteiger partial charge in [-0.1, -0.05) is 0 Å². The zero-order valence-electron chi connectivity index (χ0n) is 8.32. The molecular formula is C10H20NO2+. The van der Waals surface area contributed by atoms with Gasteiger partial charge in [0.1, 0.15) is 6.54 Å². The Kier molecular flexibility index (Phi) is 2.34. The van der Waals surface area contributed by atoms with E-state index in [1.165, 1.54) is 12.8 Å². The SMILES string of the molecule is C[N+]1(CCO)[C@@H]2CC[C@H]1CC(O)C2. The molecule has 76 valence electrons. The molecule has 4 atom stereocenters. The first-order valence-electron chi connectivity index (χ1n) is 5.30. The number of likely N-dealkylation sites (N-methyl/N-ethyl adjacent to an activating group) is 1. The number of aliphatic hydroxyl groups is 2. The summed E-state index contributed by atoms with van der Waals surface area (Å²) in [4.78, 5) is 0. The normalized spacial score (nSPS) is 49.6. The van der Waals surface area contributed by atoms with Crippen molar-refractivity contribution in [2.45, 2.75) is 43.9 Å². The monoisotopic (exact) mass is 186 g/mol. The molecule has 2 bridgehead atoms. The Bertz CT molecular complexity index is 181. The van der Waals surface area contributed by atoms with Crippen LogP contribution in [0.1, 0.15) is 25.7 Å². The van der Waals surface area contributed by atoms with E-state index in [1.54, 1.807) is 0 Å². The summed E-state index contributed by atoms with van der Waals surface area (Å²) in [7, 11) is 2.24. The number of piperidine rings is 1. The van der Waals surface area contributed by atoms with Crippen molar-refractivity contribution in [1.82, 2.24) is 0 Å². The van der Waals surface area contributed by atoms with Gasteiger partial charge in [-0.15, -0.1) is 0 Å². The molecule has 2 aliphatic rings. The maximum atomic E-state index is 9.62. The van der Waals surface area contributed by atoms with Gasteiger partial charge in [-0.2, -0.15) is 0 Å². The molecule has 3 heteroatoms. The molecule has 2 heterocycles. The molecule has 0 aromatic carbocycles. The fraction of sp³-hybridized carbons (Fsp3) is 1.00. The maximum absolute atomic E-state index is 9.62. The van der Waals surface area contributed by atoms with Crippen LogP contribution in [0.2, 0.25) is 0 Å². The van der Waals surface area contributed by atoms with Crippen molar-refractivity contribution in [3.05, 3.63) is 0 Å². The number of hydrogen-bond donors (Lipinski definition) is 2. The Balaban J connectivity index is 2.13. The summed E-state index contributed by atoms with van der Waals surface area (Å²) in [5.41, 5.74) is 0. The summed E-state index contributed by atoms with van der Waals surface area (Å²) in [5.74, 6) is 0. The fourth-order valence-corrected chi connectivity index (χ4v) is 3.30. The molecule has 0 amide bonds. The lowest BCUT2D eigenvalue weighted by Crippen LogP contribution is -2.59. The van der Waals surface area contributed by atoms with Crippen molar-refractivity contribution in [2.24, 2.45) is 0 Å². The van der Waals surface area contributed by atoms with Gasteiger partial charge in [0.25, 0.3) is 0 Å². The molecule has 2 fully saturated rings. The van der Waals surface area contributed by atoms with Gasteiger partial charge < -0.3 is 14.7 Å². The van der Waals surface area contributed by atoms with Crippen LogP contribution in [0.5, 0.6) is 0 Å². The quantitative estimate of drug-likeness (QED) is 0.601. The highest BCUT2D eigenvalue weighted by Crippen LogP contribution is 2.40. The van der Waals surface area contributed by atoms with Gasteiger partial charge in [-0.3, -0.25) is 0 Å². The molecule has 2 aliphatic heterocycles. The smallest absolute Gasteiger partial charge is 0.102 e. The molecule has 0 radical (unpaired) electrons. The van der Waals surface area contributed by atoms with E-state index < -0.39 is 0 Å². The van der Waals surface area contributed by atoms with Crippen molar-refractivity contribution in [3.63, 3.8) is 0 Å². The molecule has 0 spiro atoms. The molecule has 2 N–H and O–H groups in total. The van der Waals surface area contributed by atoms with Gasteiger partial charge in [-0.05, 0) is 0 Å². The van der Waals surface area contributed by atoms with E-state index in [-0.39, 0.29) is 12.7 Å². The first kappa shape index (κ1) is 9.44. The number of fused-ring (bicyclic) bond motifs is 2. The second kappa shape index (κ2) is 3.23. The minimum Gasteiger partial charge on any atom is -0.393 e. The average molecular weight is 186 g/mol. The van der Waals surface area contributed by atoms with Crippen molar-refractivity contribution < 1.29 is 14.7 Å². The summed E-state index contributed by atoms with van der Waals surface area (Å²) in [6.45, 7) is 1.14. The van der Waals surface area contributed by atoms with Crippen LogP contribution in [0.25, 0.3) is 0 Å². The van der Waals surface area contributed by atoms with Gasteiger partial charge in [0.2, 0.25) is 0 Å². The van der Waals surface area contributed by atoms with Crippen LogP contribution in [0, 0.1) is 0 Å². The molecule has 2 rings (SSSR count). The summed E-state index contributed by atoms with van der Waals surface area (Å²) < 4.78 is 1.01. The van der Waals surface area contributed by atoms with Crippen molar-refractivity contribution in [1.29, 1.82) is 0 Å². The predicted molar refractivity (Wildman–Crippen MR) is 50.2 cm³/mol. The zero-order valence-corrected chi connectivity index (χ0v) is 8.32. The highest BCUT2D eigenvalue weighted by Gasteiger charge is 2.50. The number of rotatable bonds is 2. The number of aliphatic hydroxyl groups excluding tert-OH is 2. The van der Waals surface area contributed by atoms with Crippen LogP contribution in [-0.2, 0) is 0 Å². The van der Waals surface area contributed by atoms with Crippen LogP contribution < -0.4 is 0 Å². The third kappa shape index (κ3) is 1.39. The summed E-state index contributed by atoms with van der Waals surface area (Å²) >= 11 is 0. The molecule has 3 nitrogen and oxygen atoms in total. The molecule has 2 unspecified atom stereocenters. The lowest BCUT2D eigenvalue weighted by Gasteiger charge is -2.45. The van der Waals surface area contributed by atoms with Gasteiger partial charge >= 0.3 is 0 Å². The topological polar surface area (TPSA) is 40.5 Å². The highest BCUT2D eigenvalue weighted by atomic mass is 16.3. The lowest BCUT2D eigenvalue weighted by atomic mass is 9.97. The summed E-state index contributed by atoms with van der Waals surface area (Å²) in [5, 5.41) is 18.7. The van der Waals surface area contributed by atoms with E-state index in [1.807, 2.05) is 0 Å². The zero-order chi connectivity index (χ0) is 9.47. The van der Waals surface area contributed by atoms with Crippen molar-refractivity contribution in [2.75, 3.05) is 20.2 Å². The Hall–Kier alpha value is -0.120. The lowest BCUT2D eigenvalue weighted by molar-refractivity contribution is -0.949.